The van der Waals surface area contributed by atoms with Crippen LogP contribution in [-0.2, 0) is 9.59 Å². The Morgan fingerprint density at radius 3 is 2.59 bits per heavy atom. The molecule has 0 saturated heterocycles. The first kappa shape index (κ1) is 21.8. The van der Waals surface area contributed by atoms with Crippen LogP contribution in [0.5, 0.6) is 0 Å². The topological polar surface area (TPSA) is 84.3 Å². The number of hydrogen-bond donors (Lipinski definition) is 1. The molecular weight excluding hydrogens is 462 g/mol. The second kappa shape index (κ2) is 8.71. The zero-order valence-corrected chi connectivity index (χ0v) is 18.3. The van der Waals surface area contributed by atoms with Gasteiger partial charge in [-0.2, -0.15) is 0 Å². The molecule has 7 nitrogen and oxygen atoms in total. The zero-order chi connectivity index (χ0) is 23.8. The molecule has 0 saturated carbocycles. The van der Waals surface area contributed by atoms with Crippen LogP contribution < -0.4 is 15.8 Å². The van der Waals surface area contributed by atoms with Gasteiger partial charge in [0.2, 0.25) is 11.8 Å². The summed E-state index contributed by atoms with van der Waals surface area (Å²) in [6, 6.07) is 16.4. The van der Waals surface area contributed by atoms with E-state index < -0.39 is 17.2 Å². The van der Waals surface area contributed by atoms with Crippen molar-refractivity contribution in [1.82, 2.24) is 9.55 Å². The van der Waals surface area contributed by atoms with Crippen LogP contribution in [0, 0.1) is 11.6 Å². The third-order valence-corrected chi connectivity index (χ3v) is 6.22. The number of rotatable bonds is 4. The lowest BCUT2D eigenvalue weighted by molar-refractivity contribution is -0.120. The summed E-state index contributed by atoms with van der Waals surface area (Å²) in [5, 5.41) is 3.04. The number of carbonyl (C=O) groups is 2. The number of para-hydroxylation sites is 3. The fourth-order valence-electron chi connectivity index (χ4n) is 3.74. The summed E-state index contributed by atoms with van der Waals surface area (Å²) in [4.78, 5) is 44.2. The normalized spacial score (nSPS) is 13.0. The minimum absolute atomic E-state index is 0.0669. The molecule has 10 heteroatoms. The summed E-state index contributed by atoms with van der Waals surface area (Å²) in [6.45, 7) is -0.152. The highest BCUT2D eigenvalue weighted by atomic mass is 32.2. The molecule has 1 aliphatic rings. The van der Waals surface area contributed by atoms with E-state index in [9.17, 15) is 23.2 Å². The summed E-state index contributed by atoms with van der Waals surface area (Å²) in [5.74, 6) is -2.61. The van der Waals surface area contributed by atoms with Gasteiger partial charge >= 0.3 is 0 Å². The Morgan fingerprint density at radius 2 is 1.76 bits per heavy atom. The van der Waals surface area contributed by atoms with E-state index in [1.807, 2.05) is 0 Å². The molecular formula is C24H16F2N4O3S. The Morgan fingerprint density at radius 1 is 1.00 bits per heavy atom. The van der Waals surface area contributed by atoms with Gasteiger partial charge in [0, 0.05) is 6.07 Å². The molecule has 0 atom stereocenters. The standard InChI is InChI=1S/C24H16F2N4O3S/c25-14-9-10-19(16(26)11-14)30-23(33)15-5-1-2-6-17(15)28-24(30)34-13-22(32)29-12-21(31)27-18-7-3-4-8-20(18)29/h1-11H,12-13H2,(H,27,31). The molecule has 0 spiro atoms. The fraction of sp³-hybridized carbons (Fsp3) is 0.0833. The van der Waals surface area contributed by atoms with Crippen LogP contribution in [0.2, 0.25) is 0 Å². The molecule has 2 amide bonds. The highest BCUT2D eigenvalue weighted by Crippen LogP contribution is 2.30. The van der Waals surface area contributed by atoms with Crippen molar-refractivity contribution in [2.45, 2.75) is 5.16 Å². The van der Waals surface area contributed by atoms with E-state index in [-0.39, 0.29) is 40.3 Å². The van der Waals surface area contributed by atoms with Gasteiger partial charge in [-0.1, -0.05) is 36.0 Å². The maximum absolute atomic E-state index is 14.6. The van der Waals surface area contributed by atoms with Gasteiger partial charge in [0.25, 0.3) is 5.56 Å². The van der Waals surface area contributed by atoms with Crippen LogP contribution >= 0.6 is 11.8 Å². The smallest absolute Gasteiger partial charge is 0.266 e. The molecule has 34 heavy (non-hydrogen) atoms. The van der Waals surface area contributed by atoms with Crippen molar-refractivity contribution in [2.24, 2.45) is 0 Å². The zero-order valence-electron chi connectivity index (χ0n) is 17.5. The molecule has 2 heterocycles. The van der Waals surface area contributed by atoms with E-state index in [4.69, 9.17) is 0 Å². The summed E-state index contributed by atoms with van der Waals surface area (Å²) < 4.78 is 29.2. The molecule has 170 valence electrons. The van der Waals surface area contributed by atoms with Crippen molar-refractivity contribution >= 4 is 45.9 Å². The number of halogens is 2. The van der Waals surface area contributed by atoms with Crippen molar-refractivity contribution in [3.8, 4) is 5.69 Å². The van der Waals surface area contributed by atoms with Gasteiger partial charge in [-0.25, -0.2) is 13.8 Å². The lowest BCUT2D eigenvalue weighted by Crippen LogP contribution is -2.43. The van der Waals surface area contributed by atoms with E-state index in [0.717, 1.165) is 28.5 Å². The van der Waals surface area contributed by atoms with E-state index in [0.29, 0.717) is 23.0 Å². The molecule has 5 rings (SSSR count). The van der Waals surface area contributed by atoms with Gasteiger partial charge in [0.1, 0.15) is 18.2 Å². The van der Waals surface area contributed by atoms with Gasteiger partial charge in [-0.05, 0) is 36.4 Å². The number of fused-ring (bicyclic) bond motifs is 2. The van der Waals surface area contributed by atoms with E-state index >= 15 is 0 Å². The number of aromatic nitrogens is 2. The second-order valence-corrected chi connectivity index (χ2v) is 8.42. The molecule has 0 bridgehead atoms. The molecule has 4 aromatic rings. The van der Waals surface area contributed by atoms with Crippen LogP contribution in [-0.4, -0.2) is 33.7 Å². The average molecular weight is 478 g/mol. The monoisotopic (exact) mass is 478 g/mol. The first-order valence-electron chi connectivity index (χ1n) is 10.2. The molecule has 3 aromatic carbocycles. The molecule has 1 aromatic heterocycles. The van der Waals surface area contributed by atoms with Gasteiger partial charge in [0.05, 0.1) is 33.7 Å². The first-order chi connectivity index (χ1) is 16.4. The van der Waals surface area contributed by atoms with Crippen molar-refractivity contribution in [3.05, 3.63) is 88.7 Å². The Labute approximate surface area is 196 Å². The number of carbonyl (C=O) groups excluding carboxylic acids is 2. The number of thioether (sulfide) groups is 1. The third-order valence-electron chi connectivity index (χ3n) is 5.29. The number of nitrogens with one attached hydrogen (secondary N) is 1. The Bertz CT molecular complexity index is 1520. The van der Waals surface area contributed by atoms with Crippen molar-refractivity contribution in [2.75, 3.05) is 22.5 Å². The van der Waals surface area contributed by atoms with Crippen molar-refractivity contribution < 1.29 is 18.4 Å². The summed E-state index contributed by atoms with van der Waals surface area (Å²) in [5.41, 5.74) is 0.729. The summed E-state index contributed by atoms with van der Waals surface area (Å²) >= 11 is 0.930. The van der Waals surface area contributed by atoms with Crippen LogP contribution in [0.3, 0.4) is 0 Å². The number of benzene rings is 3. The number of hydrogen-bond acceptors (Lipinski definition) is 5. The minimum Gasteiger partial charge on any atom is -0.323 e. The van der Waals surface area contributed by atoms with E-state index in [1.54, 1.807) is 48.5 Å². The van der Waals surface area contributed by atoms with Crippen LogP contribution in [0.25, 0.3) is 16.6 Å². The maximum Gasteiger partial charge on any atom is 0.266 e. The summed E-state index contributed by atoms with van der Waals surface area (Å²) in [7, 11) is 0. The number of nitrogens with zero attached hydrogens (tertiary/aromatic N) is 3. The molecule has 0 aliphatic carbocycles. The fourth-order valence-corrected chi connectivity index (χ4v) is 4.63. The second-order valence-electron chi connectivity index (χ2n) is 7.48. The van der Waals surface area contributed by atoms with Crippen LogP contribution in [0.4, 0.5) is 20.2 Å². The molecule has 0 unspecified atom stereocenters. The van der Waals surface area contributed by atoms with Crippen LogP contribution in [0.15, 0.2) is 76.7 Å². The highest BCUT2D eigenvalue weighted by molar-refractivity contribution is 7.99. The first-order valence-corrected chi connectivity index (χ1v) is 11.2. The molecule has 0 fully saturated rings. The van der Waals surface area contributed by atoms with Gasteiger partial charge in [-0.15, -0.1) is 0 Å². The van der Waals surface area contributed by atoms with Gasteiger partial charge < -0.3 is 10.2 Å². The lowest BCUT2D eigenvalue weighted by Gasteiger charge is -2.29. The van der Waals surface area contributed by atoms with E-state index in [2.05, 4.69) is 10.3 Å². The van der Waals surface area contributed by atoms with Crippen molar-refractivity contribution in [1.29, 1.82) is 0 Å². The molecule has 0 radical (unpaired) electrons. The van der Waals surface area contributed by atoms with Gasteiger partial charge in [-0.3, -0.25) is 19.0 Å². The Hall–Kier alpha value is -4.05. The third kappa shape index (κ3) is 3.92. The minimum atomic E-state index is -0.936. The SMILES string of the molecule is O=C1CN(C(=O)CSc2nc3ccccc3c(=O)n2-c2ccc(F)cc2F)c2ccccc2N1. The predicted octanol–water partition coefficient (Wildman–Crippen LogP) is 3.74. The highest BCUT2D eigenvalue weighted by Gasteiger charge is 2.27. The van der Waals surface area contributed by atoms with E-state index in [1.165, 1.54) is 4.90 Å². The molecule has 1 aliphatic heterocycles. The number of anilines is 2. The van der Waals surface area contributed by atoms with Crippen molar-refractivity contribution in [3.63, 3.8) is 0 Å². The Balaban J connectivity index is 1.54. The largest absolute Gasteiger partial charge is 0.323 e. The average Bonchev–Trinajstić information content (AvgIpc) is 2.83. The Kier molecular flexibility index (Phi) is 5.58. The lowest BCUT2D eigenvalue weighted by atomic mass is 10.2. The van der Waals surface area contributed by atoms with Gasteiger partial charge in [0.15, 0.2) is 5.16 Å². The number of amides is 2. The molecule has 1 N–H and O–H groups in total. The summed E-state index contributed by atoms with van der Waals surface area (Å²) in [6.07, 6.45) is 0. The van der Waals surface area contributed by atoms with Crippen LogP contribution in [0.1, 0.15) is 0 Å². The quantitative estimate of drug-likeness (QED) is 0.357. The predicted molar refractivity (Wildman–Crippen MR) is 125 cm³/mol. The maximum atomic E-state index is 14.6.